The topological polar surface area (TPSA) is 9.23 Å². The van der Waals surface area contributed by atoms with E-state index in [1.54, 1.807) is 5.57 Å². The van der Waals surface area contributed by atoms with E-state index in [1.807, 2.05) is 0 Å². The molecule has 1 unspecified atom stereocenters. The van der Waals surface area contributed by atoms with Gasteiger partial charge in [0.05, 0.1) is 6.61 Å². The molecule has 162 valence electrons. The lowest BCUT2D eigenvalue weighted by atomic mass is 9.70. The summed E-state index contributed by atoms with van der Waals surface area (Å²) in [6.45, 7) is 5.42. The highest BCUT2D eigenvalue weighted by molar-refractivity contribution is 5.28. The summed E-state index contributed by atoms with van der Waals surface area (Å²) in [5.41, 5.74) is 3.16. The van der Waals surface area contributed by atoms with Crippen molar-refractivity contribution in [3.8, 4) is 5.75 Å². The first kappa shape index (κ1) is 22.4. The van der Waals surface area contributed by atoms with Crippen LogP contribution in [0.2, 0.25) is 0 Å². The molecule has 1 nitrogen and oxygen atoms in total. The van der Waals surface area contributed by atoms with Gasteiger partial charge >= 0.3 is 0 Å². The molecule has 1 aromatic rings. The van der Waals surface area contributed by atoms with Crippen LogP contribution < -0.4 is 4.74 Å². The Morgan fingerprint density at radius 3 is 2.28 bits per heavy atom. The van der Waals surface area contributed by atoms with Gasteiger partial charge in [-0.2, -0.15) is 0 Å². The highest BCUT2D eigenvalue weighted by Gasteiger charge is 2.28. The van der Waals surface area contributed by atoms with Crippen molar-refractivity contribution in [1.29, 1.82) is 0 Å². The number of hydrogen-bond donors (Lipinski definition) is 0. The Balaban J connectivity index is 1.35. The molecule has 0 aromatic heterocycles. The zero-order valence-electron chi connectivity index (χ0n) is 19.1. The van der Waals surface area contributed by atoms with Crippen LogP contribution >= 0.6 is 0 Å². The van der Waals surface area contributed by atoms with E-state index in [9.17, 15) is 0 Å². The molecule has 1 heteroatoms. The minimum absolute atomic E-state index is 0.849. The van der Waals surface area contributed by atoms with Crippen molar-refractivity contribution in [2.45, 2.75) is 104 Å². The van der Waals surface area contributed by atoms with E-state index in [-0.39, 0.29) is 0 Å². The number of aryl methyl sites for hydroxylation is 1. The number of rotatable bonds is 11. The first-order valence-corrected chi connectivity index (χ1v) is 12.7. The average Bonchev–Trinajstić information content (AvgIpc) is 2.77. The molecular weight excluding hydrogens is 352 g/mol. The van der Waals surface area contributed by atoms with Gasteiger partial charge in [0.25, 0.3) is 0 Å². The van der Waals surface area contributed by atoms with Gasteiger partial charge in [0.15, 0.2) is 0 Å². The quantitative estimate of drug-likeness (QED) is 0.269. The molecule has 0 radical (unpaired) electrons. The fourth-order valence-corrected chi connectivity index (χ4v) is 5.52. The lowest BCUT2D eigenvalue weighted by molar-refractivity contribution is 0.186. The second-order valence-corrected chi connectivity index (χ2v) is 9.67. The second kappa shape index (κ2) is 12.5. The summed E-state index contributed by atoms with van der Waals surface area (Å²) in [7, 11) is 0. The van der Waals surface area contributed by atoms with E-state index in [0.717, 1.165) is 36.5 Å². The molecule has 29 heavy (non-hydrogen) atoms. The van der Waals surface area contributed by atoms with E-state index in [2.05, 4.69) is 44.2 Å². The maximum atomic E-state index is 5.84. The van der Waals surface area contributed by atoms with E-state index < -0.39 is 0 Å². The van der Waals surface area contributed by atoms with Crippen LogP contribution in [0.15, 0.2) is 35.9 Å². The lowest BCUT2D eigenvalue weighted by Crippen LogP contribution is -2.23. The lowest BCUT2D eigenvalue weighted by Gasteiger charge is -2.35. The monoisotopic (exact) mass is 396 g/mol. The van der Waals surface area contributed by atoms with Gasteiger partial charge in [-0.05, 0) is 86.8 Å². The van der Waals surface area contributed by atoms with Crippen LogP contribution in [0.1, 0.15) is 103 Å². The summed E-state index contributed by atoms with van der Waals surface area (Å²) in [4.78, 5) is 0. The summed E-state index contributed by atoms with van der Waals surface area (Å²) >= 11 is 0. The van der Waals surface area contributed by atoms with Gasteiger partial charge < -0.3 is 4.74 Å². The average molecular weight is 397 g/mol. The standard InChI is InChI=1S/C28H44O/c1-3-5-6-22-29-28-20-14-25(15-21-28)9-8-24-12-18-27(19-13-24)26-16-10-23(7-4-2)11-17-26/h12,14-15,20-21,23,26-27H,3-11,13,16-19,22H2,1-2H3/t23-,26-,27?. The first-order chi connectivity index (χ1) is 14.3. The van der Waals surface area contributed by atoms with Crippen molar-refractivity contribution >= 4 is 0 Å². The van der Waals surface area contributed by atoms with Crippen LogP contribution in [-0.2, 0) is 6.42 Å². The molecule has 0 N–H and O–H groups in total. The van der Waals surface area contributed by atoms with Crippen LogP contribution in [0.25, 0.3) is 0 Å². The van der Waals surface area contributed by atoms with Crippen LogP contribution in [0.4, 0.5) is 0 Å². The molecule has 1 atom stereocenters. The summed E-state index contributed by atoms with van der Waals surface area (Å²) in [6.07, 6.45) is 21.7. The smallest absolute Gasteiger partial charge is 0.119 e. The zero-order valence-corrected chi connectivity index (χ0v) is 19.1. The predicted molar refractivity (Wildman–Crippen MR) is 126 cm³/mol. The Morgan fingerprint density at radius 2 is 1.62 bits per heavy atom. The van der Waals surface area contributed by atoms with Gasteiger partial charge in [-0.1, -0.05) is 76.2 Å². The fraction of sp³-hybridized carbons (Fsp3) is 0.714. The molecule has 2 aliphatic carbocycles. The van der Waals surface area contributed by atoms with Gasteiger partial charge in [-0.3, -0.25) is 0 Å². The molecule has 0 aliphatic heterocycles. The van der Waals surface area contributed by atoms with E-state index >= 15 is 0 Å². The largest absolute Gasteiger partial charge is 0.494 e. The Morgan fingerprint density at radius 1 is 0.828 bits per heavy atom. The third-order valence-electron chi connectivity index (χ3n) is 7.48. The highest BCUT2D eigenvalue weighted by Crippen LogP contribution is 2.41. The van der Waals surface area contributed by atoms with Crippen LogP contribution in [-0.4, -0.2) is 6.61 Å². The number of ether oxygens (including phenoxy) is 1. The van der Waals surface area contributed by atoms with Crippen molar-refractivity contribution in [2.75, 3.05) is 6.61 Å². The van der Waals surface area contributed by atoms with Gasteiger partial charge in [0.2, 0.25) is 0 Å². The molecule has 2 aliphatic rings. The van der Waals surface area contributed by atoms with E-state index in [1.165, 1.54) is 89.0 Å². The van der Waals surface area contributed by atoms with Gasteiger partial charge in [0.1, 0.15) is 5.75 Å². The van der Waals surface area contributed by atoms with Crippen LogP contribution in [0.3, 0.4) is 0 Å². The molecular formula is C28H44O. The Bertz CT molecular complexity index is 591. The molecule has 3 rings (SSSR count). The van der Waals surface area contributed by atoms with E-state index in [0.29, 0.717) is 0 Å². The molecule has 0 amide bonds. The Labute approximate surface area is 180 Å². The summed E-state index contributed by atoms with van der Waals surface area (Å²) in [5.74, 6) is 4.06. The minimum Gasteiger partial charge on any atom is -0.494 e. The van der Waals surface area contributed by atoms with Crippen LogP contribution in [0.5, 0.6) is 5.75 Å². The van der Waals surface area contributed by atoms with Gasteiger partial charge in [-0.15, -0.1) is 0 Å². The summed E-state index contributed by atoms with van der Waals surface area (Å²) in [6, 6.07) is 8.83. The highest BCUT2D eigenvalue weighted by atomic mass is 16.5. The predicted octanol–water partition coefficient (Wildman–Crippen LogP) is 8.52. The number of benzene rings is 1. The molecule has 1 fully saturated rings. The molecule has 0 bridgehead atoms. The SMILES string of the molecule is CCCCCOc1ccc(CCC2=CCC([C@H]3CC[C@H](CCC)CC3)CC2)cc1. The minimum atomic E-state index is 0.849. The molecule has 1 saturated carbocycles. The number of unbranched alkanes of at least 4 members (excludes halogenated alkanes) is 2. The van der Waals surface area contributed by atoms with Crippen molar-refractivity contribution in [1.82, 2.24) is 0 Å². The maximum absolute atomic E-state index is 5.84. The fourth-order valence-electron chi connectivity index (χ4n) is 5.52. The normalized spacial score (nSPS) is 24.9. The Kier molecular flexibility index (Phi) is 9.64. The molecule has 0 spiro atoms. The second-order valence-electron chi connectivity index (χ2n) is 9.67. The first-order valence-electron chi connectivity index (χ1n) is 12.7. The third-order valence-corrected chi connectivity index (χ3v) is 7.48. The van der Waals surface area contributed by atoms with Crippen molar-refractivity contribution in [3.05, 3.63) is 41.5 Å². The van der Waals surface area contributed by atoms with Gasteiger partial charge in [-0.25, -0.2) is 0 Å². The molecule has 0 heterocycles. The van der Waals surface area contributed by atoms with Crippen molar-refractivity contribution in [3.63, 3.8) is 0 Å². The van der Waals surface area contributed by atoms with Gasteiger partial charge in [0, 0.05) is 0 Å². The van der Waals surface area contributed by atoms with Crippen LogP contribution in [0, 0.1) is 17.8 Å². The number of allylic oxidation sites excluding steroid dienone is 2. The zero-order chi connectivity index (χ0) is 20.3. The molecule has 0 saturated heterocycles. The maximum Gasteiger partial charge on any atom is 0.119 e. The van der Waals surface area contributed by atoms with Crippen molar-refractivity contribution in [2.24, 2.45) is 17.8 Å². The molecule has 1 aromatic carbocycles. The summed E-state index contributed by atoms with van der Waals surface area (Å²) < 4.78 is 5.84. The summed E-state index contributed by atoms with van der Waals surface area (Å²) in [5, 5.41) is 0. The van der Waals surface area contributed by atoms with E-state index in [4.69, 9.17) is 4.74 Å². The Hall–Kier alpha value is -1.24. The number of hydrogen-bond acceptors (Lipinski definition) is 1. The van der Waals surface area contributed by atoms with Crippen molar-refractivity contribution < 1.29 is 4.74 Å². The third kappa shape index (κ3) is 7.50.